The second kappa shape index (κ2) is 6.37. The summed E-state index contributed by atoms with van der Waals surface area (Å²) in [6, 6.07) is 12.8. The summed E-state index contributed by atoms with van der Waals surface area (Å²) in [6.07, 6.45) is 2.72. The predicted molar refractivity (Wildman–Crippen MR) is 89.1 cm³/mol. The fourth-order valence-electron chi connectivity index (χ4n) is 3.08. The number of hydrogen-bond donors (Lipinski definition) is 0. The molecule has 1 aliphatic carbocycles. The molecule has 1 atom stereocenters. The molecule has 0 spiro atoms. The maximum atomic E-state index is 14.1. The quantitative estimate of drug-likeness (QED) is 0.823. The Hall–Kier alpha value is -2.42. The first-order valence-corrected chi connectivity index (χ1v) is 7.70. The molecule has 3 heteroatoms. The lowest BCUT2D eigenvalue weighted by Gasteiger charge is -2.23. The van der Waals surface area contributed by atoms with Crippen LogP contribution in [0.1, 0.15) is 35.4 Å². The van der Waals surface area contributed by atoms with Gasteiger partial charge >= 0.3 is 0 Å². The number of carbonyl (C=O) groups excluding carboxylic acids is 1. The zero-order chi connectivity index (χ0) is 16.4. The molecule has 0 aliphatic heterocycles. The largest absolute Gasteiger partial charge is 0.497 e. The Balaban J connectivity index is 1.91. The zero-order valence-corrected chi connectivity index (χ0v) is 13.3. The smallest absolute Gasteiger partial charge is 0.156 e. The fraction of sp³-hybridized carbons (Fsp3) is 0.250. The van der Waals surface area contributed by atoms with E-state index < -0.39 is 0 Å². The van der Waals surface area contributed by atoms with Crippen LogP contribution in [0.5, 0.6) is 5.75 Å². The number of carbonyl (C=O) groups is 1. The van der Waals surface area contributed by atoms with E-state index in [9.17, 15) is 9.18 Å². The van der Waals surface area contributed by atoms with Gasteiger partial charge in [-0.1, -0.05) is 23.8 Å². The Bertz CT molecular complexity index is 760. The van der Waals surface area contributed by atoms with Gasteiger partial charge in [0.15, 0.2) is 5.78 Å². The van der Waals surface area contributed by atoms with Gasteiger partial charge in [0.25, 0.3) is 0 Å². The highest BCUT2D eigenvalue weighted by atomic mass is 19.1. The van der Waals surface area contributed by atoms with E-state index in [2.05, 4.69) is 0 Å². The lowest BCUT2D eigenvalue weighted by atomic mass is 9.80. The molecule has 2 aromatic carbocycles. The van der Waals surface area contributed by atoms with Gasteiger partial charge in [0.05, 0.1) is 7.11 Å². The van der Waals surface area contributed by atoms with Crippen LogP contribution in [-0.4, -0.2) is 12.9 Å². The number of halogens is 1. The number of ketones is 1. The highest BCUT2D eigenvalue weighted by Gasteiger charge is 2.24. The molecule has 118 valence electrons. The van der Waals surface area contributed by atoms with E-state index in [0.29, 0.717) is 18.4 Å². The van der Waals surface area contributed by atoms with Crippen molar-refractivity contribution in [3.63, 3.8) is 0 Å². The summed E-state index contributed by atoms with van der Waals surface area (Å²) in [4.78, 5) is 12.1. The first kappa shape index (κ1) is 15.5. The highest BCUT2D eigenvalue weighted by Crippen LogP contribution is 2.37. The van der Waals surface area contributed by atoms with Crippen LogP contribution < -0.4 is 4.74 Å². The van der Waals surface area contributed by atoms with Crippen LogP contribution in [-0.2, 0) is 4.79 Å². The summed E-state index contributed by atoms with van der Waals surface area (Å²) in [7, 11) is 1.63. The van der Waals surface area contributed by atoms with Crippen LogP contribution >= 0.6 is 0 Å². The van der Waals surface area contributed by atoms with E-state index in [0.717, 1.165) is 22.4 Å². The molecule has 0 heterocycles. The number of hydrogen-bond acceptors (Lipinski definition) is 2. The molecule has 0 saturated carbocycles. The average molecular weight is 310 g/mol. The topological polar surface area (TPSA) is 26.3 Å². The summed E-state index contributed by atoms with van der Waals surface area (Å²) in [5, 5.41) is 0. The van der Waals surface area contributed by atoms with Crippen molar-refractivity contribution in [3.05, 3.63) is 71.0 Å². The van der Waals surface area contributed by atoms with Gasteiger partial charge in [-0.3, -0.25) is 4.79 Å². The minimum atomic E-state index is -0.273. The summed E-state index contributed by atoms with van der Waals surface area (Å²) < 4.78 is 19.3. The molecule has 2 aromatic rings. The lowest BCUT2D eigenvalue weighted by Crippen LogP contribution is -2.13. The number of ether oxygens (including phenoxy) is 1. The monoisotopic (exact) mass is 310 g/mol. The van der Waals surface area contributed by atoms with Gasteiger partial charge in [-0.15, -0.1) is 0 Å². The van der Waals surface area contributed by atoms with Crippen molar-refractivity contribution in [2.24, 2.45) is 0 Å². The molecule has 1 unspecified atom stereocenters. The first-order chi connectivity index (χ1) is 11.1. The van der Waals surface area contributed by atoms with Crippen molar-refractivity contribution in [1.29, 1.82) is 0 Å². The fourth-order valence-corrected chi connectivity index (χ4v) is 3.08. The van der Waals surface area contributed by atoms with Gasteiger partial charge in [-0.2, -0.15) is 0 Å². The number of methoxy groups -OCH3 is 1. The third kappa shape index (κ3) is 3.34. The zero-order valence-electron chi connectivity index (χ0n) is 13.3. The molecule has 0 fully saturated rings. The van der Waals surface area contributed by atoms with Gasteiger partial charge in [-0.05, 0) is 60.7 Å². The standard InChI is InChI=1S/C20H19FO2/c1-13-3-8-20(21)19(9-13)16-10-15(11-17(22)12-16)14-4-6-18(23-2)7-5-14/h3-9,12,15H,10-11H2,1-2H3. The summed E-state index contributed by atoms with van der Waals surface area (Å²) in [5.41, 5.74) is 3.39. The molecule has 0 saturated heterocycles. The third-order valence-electron chi connectivity index (χ3n) is 4.30. The normalized spacial score (nSPS) is 17.8. The second-order valence-corrected chi connectivity index (χ2v) is 6.00. The van der Waals surface area contributed by atoms with Gasteiger partial charge in [0.1, 0.15) is 11.6 Å². The van der Waals surface area contributed by atoms with Crippen LogP contribution in [0.4, 0.5) is 4.39 Å². The predicted octanol–water partition coefficient (Wildman–Crippen LogP) is 4.67. The van der Waals surface area contributed by atoms with Crippen LogP contribution in [0, 0.1) is 12.7 Å². The average Bonchev–Trinajstić information content (AvgIpc) is 2.56. The van der Waals surface area contributed by atoms with Gasteiger partial charge < -0.3 is 4.74 Å². The van der Waals surface area contributed by atoms with Crippen LogP contribution in [0.15, 0.2) is 48.5 Å². The number of aryl methyl sites for hydroxylation is 1. The molecule has 23 heavy (non-hydrogen) atoms. The van der Waals surface area contributed by atoms with Crippen molar-refractivity contribution < 1.29 is 13.9 Å². The maximum absolute atomic E-state index is 14.1. The molecule has 0 bridgehead atoms. The van der Waals surface area contributed by atoms with Gasteiger partial charge in [0.2, 0.25) is 0 Å². The SMILES string of the molecule is COc1ccc(C2CC(=O)C=C(c3cc(C)ccc3F)C2)cc1. The first-order valence-electron chi connectivity index (χ1n) is 7.70. The van der Waals surface area contributed by atoms with Crippen LogP contribution in [0.2, 0.25) is 0 Å². The van der Waals surface area contributed by atoms with E-state index in [1.807, 2.05) is 37.3 Å². The minimum absolute atomic E-state index is 0.0491. The van der Waals surface area contributed by atoms with Crippen molar-refractivity contribution in [3.8, 4) is 5.75 Å². The van der Waals surface area contributed by atoms with Crippen LogP contribution in [0.3, 0.4) is 0 Å². The summed E-state index contributed by atoms with van der Waals surface area (Å²) in [6.45, 7) is 1.93. The second-order valence-electron chi connectivity index (χ2n) is 6.00. The van der Waals surface area contributed by atoms with Gasteiger partial charge in [-0.25, -0.2) is 4.39 Å². The highest BCUT2D eigenvalue weighted by molar-refractivity contribution is 5.99. The number of allylic oxidation sites excluding steroid dienone is 2. The summed E-state index contributed by atoms with van der Waals surface area (Å²) in [5.74, 6) is 0.641. The lowest BCUT2D eigenvalue weighted by molar-refractivity contribution is -0.115. The van der Waals surface area contributed by atoms with E-state index in [-0.39, 0.29) is 17.5 Å². The molecule has 2 nitrogen and oxygen atoms in total. The molecule has 0 aromatic heterocycles. The van der Waals surface area contributed by atoms with Crippen LogP contribution in [0.25, 0.3) is 5.57 Å². The molecular formula is C20H19FO2. The minimum Gasteiger partial charge on any atom is -0.497 e. The maximum Gasteiger partial charge on any atom is 0.156 e. The summed E-state index contributed by atoms with van der Waals surface area (Å²) >= 11 is 0. The molecule has 1 aliphatic rings. The van der Waals surface area contributed by atoms with E-state index >= 15 is 0 Å². The number of rotatable bonds is 3. The van der Waals surface area contributed by atoms with Crippen molar-refractivity contribution in [2.45, 2.75) is 25.7 Å². The third-order valence-corrected chi connectivity index (χ3v) is 4.30. The Morgan fingerprint density at radius 2 is 1.83 bits per heavy atom. The Morgan fingerprint density at radius 1 is 1.09 bits per heavy atom. The van der Waals surface area contributed by atoms with E-state index in [4.69, 9.17) is 4.74 Å². The molecule has 0 amide bonds. The molecule has 0 N–H and O–H groups in total. The molecule has 3 rings (SSSR count). The number of benzene rings is 2. The van der Waals surface area contributed by atoms with E-state index in [1.54, 1.807) is 19.3 Å². The molecular weight excluding hydrogens is 291 g/mol. The Kier molecular flexibility index (Phi) is 4.28. The van der Waals surface area contributed by atoms with Gasteiger partial charge in [0, 0.05) is 12.0 Å². The Labute approximate surface area is 135 Å². The van der Waals surface area contributed by atoms with Crippen molar-refractivity contribution in [2.75, 3.05) is 7.11 Å². The van der Waals surface area contributed by atoms with Crippen molar-refractivity contribution in [1.82, 2.24) is 0 Å². The molecule has 0 radical (unpaired) electrons. The van der Waals surface area contributed by atoms with E-state index in [1.165, 1.54) is 6.07 Å². The Morgan fingerprint density at radius 3 is 2.52 bits per heavy atom. The van der Waals surface area contributed by atoms with Crippen molar-refractivity contribution >= 4 is 11.4 Å².